The van der Waals surface area contributed by atoms with Gasteiger partial charge in [-0.05, 0) is 55.4 Å². The molecule has 1 heterocycles. The molecule has 0 aromatic heterocycles. The zero-order valence-corrected chi connectivity index (χ0v) is 14.8. The first kappa shape index (κ1) is 16.9. The van der Waals surface area contributed by atoms with Crippen molar-refractivity contribution in [1.82, 2.24) is 5.32 Å². The maximum Gasteiger partial charge on any atom is 0.335 e. The van der Waals surface area contributed by atoms with E-state index in [-0.39, 0.29) is 11.6 Å². The molecule has 134 valence electrons. The number of amides is 2. The van der Waals surface area contributed by atoms with E-state index in [4.69, 9.17) is 16.7 Å². The number of carbonyl (C=O) groups is 2. The minimum absolute atomic E-state index is 0.213. The fourth-order valence-corrected chi connectivity index (χ4v) is 4.44. The topological polar surface area (TPSA) is 78.4 Å². The number of anilines is 1. The number of nitrogens with one attached hydrogen (secondary N) is 2. The van der Waals surface area contributed by atoms with Crippen LogP contribution in [-0.2, 0) is 5.54 Å². The predicted octanol–water partition coefficient (Wildman–Crippen LogP) is 4.73. The number of urea groups is 1. The number of benzene rings is 2. The molecule has 6 heteroatoms. The minimum Gasteiger partial charge on any atom is -0.478 e. The van der Waals surface area contributed by atoms with Crippen LogP contribution >= 0.6 is 11.6 Å². The number of aromatic carboxylic acids is 1. The van der Waals surface area contributed by atoms with Crippen LogP contribution in [0.5, 0.6) is 0 Å². The van der Waals surface area contributed by atoms with E-state index in [1.165, 1.54) is 0 Å². The van der Waals surface area contributed by atoms with Gasteiger partial charge in [-0.1, -0.05) is 35.9 Å². The first-order chi connectivity index (χ1) is 12.5. The Morgan fingerprint density at radius 3 is 2.46 bits per heavy atom. The summed E-state index contributed by atoms with van der Waals surface area (Å²) in [5.41, 5.74) is 2.82. The summed E-state index contributed by atoms with van der Waals surface area (Å²) in [6.45, 7) is 0. The van der Waals surface area contributed by atoms with E-state index in [2.05, 4.69) is 10.6 Å². The molecule has 1 saturated carbocycles. The highest BCUT2D eigenvalue weighted by Crippen LogP contribution is 2.48. The highest BCUT2D eigenvalue weighted by Gasteiger charge is 2.43. The van der Waals surface area contributed by atoms with Gasteiger partial charge in [0.15, 0.2) is 0 Å². The summed E-state index contributed by atoms with van der Waals surface area (Å²) in [5.74, 6) is -0.553. The minimum atomic E-state index is -0.912. The second-order valence-corrected chi connectivity index (χ2v) is 7.43. The lowest BCUT2D eigenvalue weighted by atomic mass is 9.70. The quantitative estimate of drug-likeness (QED) is 0.715. The molecular weight excluding hydrogens is 352 g/mol. The van der Waals surface area contributed by atoms with Gasteiger partial charge >= 0.3 is 12.0 Å². The average molecular weight is 371 g/mol. The SMILES string of the molecule is O=C1Nc2c(Cl)cccc2C2(CCC(c3ccc(C(=O)O)cc3)CC2)N1. The van der Waals surface area contributed by atoms with Crippen LogP contribution in [0.1, 0.15) is 53.1 Å². The number of hydrogen-bond donors (Lipinski definition) is 3. The van der Waals surface area contributed by atoms with Crippen molar-refractivity contribution in [2.45, 2.75) is 37.1 Å². The van der Waals surface area contributed by atoms with Gasteiger partial charge in [0.1, 0.15) is 0 Å². The Kier molecular flexibility index (Phi) is 4.11. The van der Waals surface area contributed by atoms with Crippen LogP contribution in [0.3, 0.4) is 0 Å². The smallest absolute Gasteiger partial charge is 0.335 e. The fraction of sp³-hybridized carbons (Fsp3) is 0.300. The summed E-state index contributed by atoms with van der Waals surface area (Å²) in [5, 5.41) is 15.5. The summed E-state index contributed by atoms with van der Waals surface area (Å²) in [6.07, 6.45) is 3.47. The standard InChI is InChI=1S/C20H19ClN2O3/c21-16-3-1-2-15-17(16)22-19(26)23-20(15)10-8-13(9-11-20)12-4-6-14(7-5-12)18(24)25/h1-7,13H,8-11H2,(H,24,25)(H2,22,23,26). The van der Waals surface area contributed by atoms with Crippen LogP contribution in [-0.4, -0.2) is 17.1 Å². The van der Waals surface area contributed by atoms with Crippen molar-refractivity contribution < 1.29 is 14.7 Å². The molecular formula is C20H19ClN2O3. The second-order valence-electron chi connectivity index (χ2n) is 7.03. The Labute approximate surface area is 156 Å². The third kappa shape index (κ3) is 2.82. The summed E-state index contributed by atoms with van der Waals surface area (Å²) < 4.78 is 0. The van der Waals surface area contributed by atoms with Crippen molar-refractivity contribution in [1.29, 1.82) is 0 Å². The lowest BCUT2D eigenvalue weighted by Gasteiger charge is -2.45. The molecule has 0 bridgehead atoms. The highest BCUT2D eigenvalue weighted by molar-refractivity contribution is 6.34. The molecule has 0 atom stereocenters. The molecule has 1 aliphatic heterocycles. The van der Waals surface area contributed by atoms with E-state index in [0.717, 1.165) is 36.8 Å². The van der Waals surface area contributed by atoms with Crippen molar-refractivity contribution in [3.63, 3.8) is 0 Å². The third-order valence-electron chi connectivity index (χ3n) is 5.59. The predicted molar refractivity (Wildman–Crippen MR) is 99.9 cm³/mol. The Morgan fingerprint density at radius 1 is 1.12 bits per heavy atom. The number of carboxylic acid groups (broad SMARTS) is 1. The van der Waals surface area contributed by atoms with Gasteiger partial charge in [-0.2, -0.15) is 0 Å². The van der Waals surface area contributed by atoms with Gasteiger partial charge in [-0.3, -0.25) is 0 Å². The average Bonchev–Trinajstić information content (AvgIpc) is 2.63. The molecule has 1 fully saturated rings. The Hall–Kier alpha value is -2.53. The first-order valence-electron chi connectivity index (χ1n) is 8.70. The molecule has 2 aliphatic rings. The number of para-hydroxylation sites is 1. The molecule has 2 aromatic rings. The van der Waals surface area contributed by atoms with Crippen molar-refractivity contribution in [3.8, 4) is 0 Å². The van der Waals surface area contributed by atoms with E-state index in [9.17, 15) is 9.59 Å². The molecule has 0 saturated heterocycles. The number of rotatable bonds is 2. The number of halogens is 1. The number of carboxylic acids is 1. The first-order valence-corrected chi connectivity index (χ1v) is 9.08. The van der Waals surface area contributed by atoms with E-state index in [1.54, 1.807) is 18.2 Å². The molecule has 1 spiro atoms. The third-order valence-corrected chi connectivity index (χ3v) is 5.90. The molecule has 2 amide bonds. The van der Waals surface area contributed by atoms with Crippen LogP contribution in [0.4, 0.5) is 10.5 Å². The fourth-order valence-electron chi connectivity index (χ4n) is 4.22. The van der Waals surface area contributed by atoms with Crippen molar-refractivity contribution in [3.05, 3.63) is 64.2 Å². The van der Waals surface area contributed by atoms with Crippen molar-refractivity contribution >= 4 is 29.3 Å². The zero-order valence-electron chi connectivity index (χ0n) is 14.1. The van der Waals surface area contributed by atoms with Gasteiger partial charge in [-0.15, -0.1) is 0 Å². The van der Waals surface area contributed by atoms with Crippen molar-refractivity contribution in [2.24, 2.45) is 0 Å². The lowest BCUT2D eigenvalue weighted by Crippen LogP contribution is -2.53. The summed E-state index contributed by atoms with van der Waals surface area (Å²) in [4.78, 5) is 23.2. The molecule has 5 nitrogen and oxygen atoms in total. The Bertz CT molecular complexity index is 871. The van der Waals surface area contributed by atoms with E-state index in [0.29, 0.717) is 22.2 Å². The van der Waals surface area contributed by atoms with Gasteiger partial charge in [0.2, 0.25) is 0 Å². The van der Waals surface area contributed by atoms with Crippen LogP contribution in [0.25, 0.3) is 0 Å². The van der Waals surface area contributed by atoms with E-state index < -0.39 is 5.97 Å². The van der Waals surface area contributed by atoms with E-state index in [1.807, 2.05) is 24.3 Å². The maximum atomic E-state index is 12.2. The highest BCUT2D eigenvalue weighted by atomic mass is 35.5. The largest absolute Gasteiger partial charge is 0.478 e. The van der Waals surface area contributed by atoms with Gasteiger partial charge < -0.3 is 15.7 Å². The normalized spacial score (nSPS) is 24.5. The van der Waals surface area contributed by atoms with Gasteiger partial charge in [0, 0.05) is 5.56 Å². The van der Waals surface area contributed by atoms with Crippen LogP contribution in [0.2, 0.25) is 5.02 Å². The number of hydrogen-bond acceptors (Lipinski definition) is 2. The molecule has 1 aliphatic carbocycles. The molecule has 2 aromatic carbocycles. The molecule has 3 N–H and O–H groups in total. The van der Waals surface area contributed by atoms with Gasteiger partial charge in [0.25, 0.3) is 0 Å². The van der Waals surface area contributed by atoms with Gasteiger partial charge in [-0.25, -0.2) is 9.59 Å². The summed E-state index contributed by atoms with van der Waals surface area (Å²) >= 11 is 6.28. The summed E-state index contributed by atoms with van der Waals surface area (Å²) in [7, 11) is 0. The molecule has 26 heavy (non-hydrogen) atoms. The monoisotopic (exact) mass is 370 g/mol. The summed E-state index contributed by atoms with van der Waals surface area (Å²) in [6, 6.07) is 12.6. The van der Waals surface area contributed by atoms with Crippen molar-refractivity contribution in [2.75, 3.05) is 5.32 Å². The molecule has 0 radical (unpaired) electrons. The Morgan fingerprint density at radius 2 is 1.81 bits per heavy atom. The zero-order chi connectivity index (χ0) is 18.3. The molecule has 4 rings (SSSR count). The van der Waals surface area contributed by atoms with E-state index >= 15 is 0 Å². The van der Waals surface area contributed by atoms with Gasteiger partial charge in [0.05, 0.1) is 21.8 Å². The second kappa shape index (κ2) is 6.32. The molecule has 0 unspecified atom stereocenters. The van der Waals surface area contributed by atoms with Crippen LogP contribution in [0.15, 0.2) is 42.5 Å². The number of fused-ring (bicyclic) bond motifs is 2. The number of carbonyl (C=O) groups excluding carboxylic acids is 1. The van der Waals surface area contributed by atoms with Crippen LogP contribution in [0, 0.1) is 0 Å². The van der Waals surface area contributed by atoms with Crippen LogP contribution < -0.4 is 10.6 Å². The maximum absolute atomic E-state index is 12.2. The lowest BCUT2D eigenvalue weighted by molar-refractivity contribution is 0.0697. The Balaban J connectivity index is 1.57.